The highest BCUT2D eigenvalue weighted by Gasteiger charge is 2.45. The van der Waals surface area contributed by atoms with Gasteiger partial charge < -0.3 is 14.7 Å². The molecule has 0 radical (unpaired) electrons. The van der Waals surface area contributed by atoms with E-state index < -0.39 is 0 Å². The molecule has 0 saturated carbocycles. The van der Waals surface area contributed by atoms with Crippen LogP contribution in [0.25, 0.3) is 0 Å². The number of esters is 1. The van der Waals surface area contributed by atoms with E-state index >= 15 is 0 Å². The van der Waals surface area contributed by atoms with E-state index in [1.165, 1.54) is 0 Å². The number of carboxylic acid groups (broad SMARTS) is 1. The summed E-state index contributed by atoms with van der Waals surface area (Å²) in [5.41, 5.74) is 1.13. The Kier molecular flexibility index (Phi) is 6.25. The van der Waals surface area contributed by atoms with E-state index in [0.717, 1.165) is 5.56 Å². The Labute approximate surface area is 140 Å². The molecular weight excluding hydrogens is 314 g/mol. The summed E-state index contributed by atoms with van der Waals surface area (Å²) in [5.74, 6) is 0.000559. The number of cyclic esters (lactones) is 1. The largest absolute Gasteiger partial charge is 0.483 e. The molecule has 24 heavy (non-hydrogen) atoms. The summed E-state index contributed by atoms with van der Waals surface area (Å²) in [6.07, 6.45) is 3.50. The smallest absolute Gasteiger partial charge is 0.311 e. The van der Waals surface area contributed by atoms with Gasteiger partial charge in [-0.3, -0.25) is 24.3 Å². The molecule has 2 saturated heterocycles. The van der Waals surface area contributed by atoms with Crippen molar-refractivity contribution in [2.75, 3.05) is 33.3 Å². The first kappa shape index (κ1) is 17.9. The van der Waals surface area contributed by atoms with E-state index in [1.54, 1.807) is 17.3 Å². The van der Waals surface area contributed by atoms with Crippen molar-refractivity contribution in [2.24, 2.45) is 11.8 Å². The van der Waals surface area contributed by atoms with Crippen LogP contribution >= 0.6 is 0 Å². The molecule has 0 aliphatic carbocycles. The Morgan fingerprint density at radius 1 is 1.46 bits per heavy atom. The zero-order chi connectivity index (χ0) is 17.5. The van der Waals surface area contributed by atoms with Gasteiger partial charge in [0.2, 0.25) is 5.91 Å². The van der Waals surface area contributed by atoms with Crippen LogP contribution in [-0.2, 0) is 25.7 Å². The van der Waals surface area contributed by atoms with Crippen molar-refractivity contribution in [3.8, 4) is 0 Å². The second kappa shape index (κ2) is 8.39. The number of fused-ring (bicyclic) bond motifs is 1. The first-order chi connectivity index (χ1) is 11.5. The van der Waals surface area contributed by atoms with E-state index in [-0.39, 0.29) is 30.2 Å². The van der Waals surface area contributed by atoms with Gasteiger partial charge in [-0.05, 0) is 24.7 Å². The first-order valence-corrected chi connectivity index (χ1v) is 7.64. The van der Waals surface area contributed by atoms with Gasteiger partial charge >= 0.3 is 5.97 Å². The lowest BCUT2D eigenvalue weighted by Crippen LogP contribution is -2.38. The molecule has 0 unspecified atom stereocenters. The minimum Gasteiger partial charge on any atom is -0.483 e. The minimum absolute atomic E-state index is 0.0776. The molecule has 2 aliphatic rings. The molecule has 0 bridgehead atoms. The molecule has 1 aromatic heterocycles. The third-order valence-electron chi connectivity index (χ3n) is 4.14. The van der Waals surface area contributed by atoms with Crippen LogP contribution in [-0.4, -0.2) is 71.5 Å². The van der Waals surface area contributed by atoms with Crippen molar-refractivity contribution in [1.29, 1.82) is 0 Å². The lowest BCUT2D eigenvalue weighted by Gasteiger charge is -2.22. The standard InChI is InChI=1S/C15H19N3O3.CH2O2/c1-17(6-11-2-4-16-5-3-11)9-14(19)18-7-12-10-21-15(20)13(12)8-18;2-1-3/h2-5,12-13H,6-10H2,1H3;1H,(H,2,3)/t12-,13-;/m1./s1. The summed E-state index contributed by atoms with van der Waals surface area (Å²) in [5, 5.41) is 6.89. The van der Waals surface area contributed by atoms with Crippen molar-refractivity contribution in [3.05, 3.63) is 30.1 Å². The summed E-state index contributed by atoms with van der Waals surface area (Å²) in [6.45, 7) is 2.41. The van der Waals surface area contributed by atoms with Crippen molar-refractivity contribution in [2.45, 2.75) is 6.54 Å². The van der Waals surface area contributed by atoms with Gasteiger partial charge in [-0.25, -0.2) is 0 Å². The second-order valence-corrected chi connectivity index (χ2v) is 5.93. The van der Waals surface area contributed by atoms with Crippen molar-refractivity contribution in [1.82, 2.24) is 14.8 Å². The molecule has 3 rings (SSSR count). The van der Waals surface area contributed by atoms with Gasteiger partial charge in [-0.15, -0.1) is 0 Å². The van der Waals surface area contributed by atoms with Crippen LogP contribution in [0, 0.1) is 11.8 Å². The zero-order valence-corrected chi connectivity index (χ0v) is 13.5. The number of carbonyl (C=O) groups is 3. The third kappa shape index (κ3) is 4.51. The van der Waals surface area contributed by atoms with Crippen molar-refractivity contribution < 1.29 is 24.2 Å². The number of ether oxygens (including phenoxy) is 1. The van der Waals surface area contributed by atoms with Crippen LogP contribution in [0.2, 0.25) is 0 Å². The molecular formula is C16H21N3O5. The SMILES string of the molecule is CN(CC(=O)N1C[C@@H]2COC(=O)[C@@H]2C1)Cc1ccncc1.O=CO. The Balaban J connectivity index is 0.000000647. The molecule has 0 aromatic carbocycles. The summed E-state index contributed by atoms with van der Waals surface area (Å²) < 4.78 is 5.01. The molecule has 3 heterocycles. The summed E-state index contributed by atoms with van der Waals surface area (Å²) in [7, 11) is 1.92. The van der Waals surface area contributed by atoms with E-state index in [0.29, 0.717) is 32.8 Å². The first-order valence-electron chi connectivity index (χ1n) is 7.64. The summed E-state index contributed by atoms with van der Waals surface area (Å²) in [6, 6.07) is 3.88. The maximum Gasteiger partial charge on any atom is 0.311 e. The number of hydrogen-bond donors (Lipinski definition) is 1. The molecule has 1 amide bonds. The fourth-order valence-corrected chi connectivity index (χ4v) is 2.99. The summed E-state index contributed by atoms with van der Waals surface area (Å²) in [4.78, 5) is 39.9. The number of aromatic nitrogens is 1. The Bertz CT molecular complexity index is 580. The van der Waals surface area contributed by atoms with Crippen molar-refractivity contribution in [3.63, 3.8) is 0 Å². The van der Waals surface area contributed by atoms with E-state index in [1.807, 2.05) is 24.1 Å². The molecule has 8 heteroatoms. The normalized spacial score (nSPS) is 21.8. The Hall–Kier alpha value is -2.48. The van der Waals surface area contributed by atoms with Gasteiger partial charge in [0.05, 0.1) is 19.1 Å². The lowest BCUT2D eigenvalue weighted by molar-refractivity contribution is -0.142. The highest BCUT2D eigenvalue weighted by Crippen LogP contribution is 2.30. The van der Waals surface area contributed by atoms with Crippen LogP contribution in [0.3, 0.4) is 0 Å². The molecule has 2 aliphatic heterocycles. The average Bonchev–Trinajstić information content (AvgIpc) is 3.11. The van der Waals surface area contributed by atoms with Gasteiger partial charge in [-0.1, -0.05) is 0 Å². The van der Waals surface area contributed by atoms with E-state index in [4.69, 9.17) is 14.6 Å². The van der Waals surface area contributed by atoms with Gasteiger partial charge in [0.1, 0.15) is 0 Å². The third-order valence-corrected chi connectivity index (χ3v) is 4.14. The summed E-state index contributed by atoms with van der Waals surface area (Å²) >= 11 is 0. The number of likely N-dealkylation sites (N-methyl/N-ethyl adjacent to an activating group) is 1. The van der Waals surface area contributed by atoms with Crippen molar-refractivity contribution >= 4 is 18.3 Å². The molecule has 0 spiro atoms. The van der Waals surface area contributed by atoms with Crippen LogP contribution in [0.5, 0.6) is 0 Å². The quantitative estimate of drug-likeness (QED) is 0.603. The number of pyridine rings is 1. The monoisotopic (exact) mass is 335 g/mol. The molecule has 1 aromatic rings. The number of amides is 1. The molecule has 1 N–H and O–H groups in total. The highest BCUT2D eigenvalue weighted by molar-refractivity contribution is 5.81. The predicted molar refractivity (Wildman–Crippen MR) is 83.8 cm³/mol. The number of hydrogen-bond acceptors (Lipinski definition) is 6. The molecule has 8 nitrogen and oxygen atoms in total. The lowest BCUT2D eigenvalue weighted by atomic mass is 10.0. The van der Waals surface area contributed by atoms with Gasteiger partial charge in [0.15, 0.2) is 0 Å². The number of carbonyl (C=O) groups excluding carboxylic acids is 2. The topological polar surface area (TPSA) is 100 Å². The predicted octanol–water partition coefficient (Wildman–Crippen LogP) is -0.154. The van der Waals surface area contributed by atoms with Crippen LogP contribution in [0.4, 0.5) is 0 Å². The molecule has 2 fully saturated rings. The maximum atomic E-state index is 12.3. The number of nitrogens with zero attached hydrogens (tertiary/aromatic N) is 3. The zero-order valence-electron chi connectivity index (χ0n) is 13.5. The fraction of sp³-hybridized carbons (Fsp3) is 0.500. The average molecular weight is 335 g/mol. The molecule has 130 valence electrons. The van der Waals surface area contributed by atoms with Gasteiger partial charge in [-0.2, -0.15) is 0 Å². The Morgan fingerprint density at radius 2 is 2.12 bits per heavy atom. The van der Waals surface area contributed by atoms with Crippen LogP contribution in [0.1, 0.15) is 5.56 Å². The minimum atomic E-state index is -0.250. The molecule has 2 atom stereocenters. The fourth-order valence-electron chi connectivity index (χ4n) is 2.99. The highest BCUT2D eigenvalue weighted by atomic mass is 16.5. The number of likely N-dealkylation sites (tertiary alicyclic amines) is 1. The Morgan fingerprint density at radius 3 is 2.75 bits per heavy atom. The number of rotatable bonds is 4. The second-order valence-electron chi connectivity index (χ2n) is 5.93. The van der Waals surface area contributed by atoms with Gasteiger partial charge in [0.25, 0.3) is 6.47 Å². The van der Waals surface area contributed by atoms with Gasteiger partial charge in [0, 0.05) is 37.9 Å². The van der Waals surface area contributed by atoms with Crippen LogP contribution < -0.4 is 0 Å². The van der Waals surface area contributed by atoms with E-state index in [9.17, 15) is 9.59 Å². The maximum absolute atomic E-state index is 12.3. The van der Waals surface area contributed by atoms with Crippen LogP contribution in [0.15, 0.2) is 24.5 Å². The van der Waals surface area contributed by atoms with E-state index in [2.05, 4.69) is 4.98 Å².